The first-order chi connectivity index (χ1) is 14.0. The average molecular weight is 386 g/mol. The van der Waals surface area contributed by atoms with Gasteiger partial charge in [0.1, 0.15) is 0 Å². The molecule has 6 heteroatoms. The number of nitrogens with zero attached hydrogens (tertiary/aromatic N) is 2. The highest BCUT2D eigenvalue weighted by molar-refractivity contribution is 6.23. The van der Waals surface area contributed by atoms with Gasteiger partial charge in [-0.2, -0.15) is 0 Å². The molecule has 0 aromatic heterocycles. The molecule has 2 fully saturated rings. The second-order valence-corrected chi connectivity index (χ2v) is 7.72. The zero-order chi connectivity index (χ0) is 20.3. The summed E-state index contributed by atoms with van der Waals surface area (Å²) in [5.41, 5.74) is 3.61. The van der Waals surface area contributed by atoms with E-state index in [2.05, 4.69) is 0 Å². The zero-order valence-corrected chi connectivity index (χ0v) is 15.7. The van der Waals surface area contributed by atoms with Crippen LogP contribution in [-0.2, 0) is 9.59 Å². The van der Waals surface area contributed by atoms with Gasteiger partial charge in [0.2, 0.25) is 11.8 Å². The predicted octanol–water partition coefficient (Wildman–Crippen LogP) is 3.99. The molecule has 29 heavy (non-hydrogen) atoms. The number of para-hydroxylation sites is 1. The van der Waals surface area contributed by atoms with Gasteiger partial charge >= 0.3 is 0 Å². The highest BCUT2D eigenvalue weighted by Crippen LogP contribution is 2.58. The number of allylic oxidation sites excluding steroid dienone is 4. The lowest BCUT2D eigenvalue weighted by Gasteiger charge is -2.20. The third-order valence-corrected chi connectivity index (χ3v) is 6.37. The lowest BCUT2D eigenvalue weighted by molar-refractivity contribution is -0.384. The van der Waals surface area contributed by atoms with Crippen molar-refractivity contribution in [2.45, 2.75) is 6.92 Å². The molecule has 0 spiro atoms. The lowest BCUT2D eigenvalue weighted by Crippen LogP contribution is -2.33. The Hall–Kier alpha value is -3.54. The monoisotopic (exact) mass is 386 g/mol. The second-order valence-electron chi connectivity index (χ2n) is 7.72. The summed E-state index contributed by atoms with van der Waals surface area (Å²) >= 11 is 0. The molecule has 1 aliphatic heterocycles. The Bertz CT molecular complexity index is 1070. The first-order valence-corrected chi connectivity index (χ1v) is 9.55. The number of non-ortho nitro benzene ring substituents is 1. The van der Waals surface area contributed by atoms with E-state index in [4.69, 9.17) is 0 Å². The van der Waals surface area contributed by atoms with Crippen molar-refractivity contribution in [3.63, 3.8) is 0 Å². The van der Waals surface area contributed by atoms with Crippen LogP contribution in [0.5, 0.6) is 0 Å². The molecule has 3 aliphatic rings. The number of hydrogen-bond acceptors (Lipinski definition) is 4. The summed E-state index contributed by atoms with van der Waals surface area (Å²) in [7, 11) is 0. The van der Waals surface area contributed by atoms with Gasteiger partial charge in [-0.05, 0) is 42.3 Å². The molecule has 5 rings (SSSR count). The number of rotatable bonds is 3. The average Bonchev–Trinajstić information content (AvgIpc) is 3.37. The van der Waals surface area contributed by atoms with Crippen LogP contribution < -0.4 is 4.90 Å². The Balaban J connectivity index is 1.52. The first kappa shape index (κ1) is 17.6. The van der Waals surface area contributed by atoms with Gasteiger partial charge in [0.05, 0.1) is 22.4 Å². The Morgan fingerprint density at radius 2 is 1.45 bits per heavy atom. The van der Waals surface area contributed by atoms with E-state index in [9.17, 15) is 19.7 Å². The van der Waals surface area contributed by atoms with E-state index in [0.717, 1.165) is 16.7 Å². The molecule has 2 aromatic rings. The maximum Gasteiger partial charge on any atom is 0.269 e. The van der Waals surface area contributed by atoms with Crippen LogP contribution in [0.25, 0.3) is 5.57 Å². The molecule has 2 aliphatic carbocycles. The number of hydrogen-bond donors (Lipinski definition) is 0. The predicted molar refractivity (Wildman–Crippen MR) is 108 cm³/mol. The van der Waals surface area contributed by atoms with E-state index < -0.39 is 4.92 Å². The van der Waals surface area contributed by atoms with Crippen molar-refractivity contribution in [2.75, 3.05) is 4.90 Å². The van der Waals surface area contributed by atoms with Gasteiger partial charge in [0.25, 0.3) is 5.69 Å². The minimum absolute atomic E-state index is 0.0415. The van der Waals surface area contributed by atoms with Crippen LogP contribution in [0.1, 0.15) is 12.5 Å². The normalized spacial score (nSPS) is 28.8. The topological polar surface area (TPSA) is 80.5 Å². The van der Waals surface area contributed by atoms with E-state index >= 15 is 0 Å². The number of benzene rings is 2. The SMILES string of the molecule is CC(=C1[C@H]2C=C[C@@H]1[C@H]1C(=O)N(c3ccccc3)C(=O)[C@H]12)c1ccc([N+](=O)[O-])cc1. The molecular weight excluding hydrogens is 368 g/mol. The molecule has 0 N–H and O–H groups in total. The van der Waals surface area contributed by atoms with E-state index in [1.54, 1.807) is 24.3 Å². The summed E-state index contributed by atoms with van der Waals surface area (Å²) in [6, 6.07) is 15.5. The van der Waals surface area contributed by atoms with Crippen LogP contribution >= 0.6 is 0 Å². The molecule has 1 saturated carbocycles. The molecule has 4 atom stereocenters. The number of amides is 2. The smallest absolute Gasteiger partial charge is 0.269 e. The van der Waals surface area contributed by atoms with Gasteiger partial charge in [-0.1, -0.05) is 35.9 Å². The third kappa shape index (κ3) is 2.42. The maximum atomic E-state index is 13.2. The van der Waals surface area contributed by atoms with Crippen LogP contribution in [0.4, 0.5) is 11.4 Å². The van der Waals surface area contributed by atoms with Crippen molar-refractivity contribution in [1.82, 2.24) is 0 Å². The zero-order valence-electron chi connectivity index (χ0n) is 15.7. The molecule has 2 bridgehead atoms. The first-order valence-electron chi connectivity index (χ1n) is 9.55. The number of fused-ring (bicyclic) bond motifs is 5. The lowest BCUT2D eigenvalue weighted by atomic mass is 9.85. The Kier molecular flexibility index (Phi) is 3.77. The van der Waals surface area contributed by atoms with Crippen molar-refractivity contribution in [3.8, 4) is 0 Å². The van der Waals surface area contributed by atoms with Crippen molar-refractivity contribution in [3.05, 3.63) is 88.0 Å². The molecule has 6 nitrogen and oxygen atoms in total. The number of nitro groups is 1. The minimum Gasteiger partial charge on any atom is -0.274 e. The third-order valence-electron chi connectivity index (χ3n) is 6.37. The van der Waals surface area contributed by atoms with E-state index in [1.807, 2.05) is 37.3 Å². The summed E-state index contributed by atoms with van der Waals surface area (Å²) in [6.07, 6.45) is 4.07. The van der Waals surface area contributed by atoms with Gasteiger partial charge < -0.3 is 0 Å². The van der Waals surface area contributed by atoms with Crippen LogP contribution in [0.15, 0.2) is 72.3 Å². The molecule has 144 valence electrons. The molecule has 2 amide bonds. The van der Waals surface area contributed by atoms with Crippen molar-refractivity contribution in [1.29, 1.82) is 0 Å². The summed E-state index contributed by atoms with van der Waals surface area (Å²) in [4.78, 5) is 38.2. The van der Waals surface area contributed by atoms with Crippen LogP contribution in [0.2, 0.25) is 0 Å². The molecule has 1 saturated heterocycles. The highest BCUT2D eigenvalue weighted by atomic mass is 16.6. The number of nitro benzene ring substituents is 1. The standard InChI is InChI=1S/C23H18N2O4/c1-13(14-7-9-16(10-8-14)25(28)29)19-17-11-12-18(19)21-20(17)22(26)24(23(21)27)15-5-3-2-4-6-15/h2-12,17-18,20-21H,1H3/t17-,18+,20+,21-. The van der Waals surface area contributed by atoms with E-state index in [1.165, 1.54) is 17.0 Å². The van der Waals surface area contributed by atoms with Crippen LogP contribution in [-0.4, -0.2) is 16.7 Å². The number of imide groups is 1. The largest absolute Gasteiger partial charge is 0.274 e. The summed E-state index contributed by atoms with van der Waals surface area (Å²) in [6.45, 7) is 1.97. The summed E-state index contributed by atoms with van der Waals surface area (Å²) in [5.74, 6) is -1.24. The summed E-state index contributed by atoms with van der Waals surface area (Å²) in [5, 5.41) is 10.9. The fourth-order valence-corrected chi connectivity index (χ4v) is 5.09. The maximum absolute atomic E-state index is 13.2. The quantitative estimate of drug-likeness (QED) is 0.346. The Labute approximate surface area is 167 Å². The molecule has 1 heterocycles. The number of anilines is 1. The van der Waals surface area contributed by atoms with E-state index in [0.29, 0.717) is 5.69 Å². The molecule has 0 radical (unpaired) electrons. The minimum atomic E-state index is -0.424. The summed E-state index contributed by atoms with van der Waals surface area (Å²) < 4.78 is 0. The Morgan fingerprint density at radius 3 is 1.97 bits per heavy atom. The van der Waals surface area contributed by atoms with Crippen LogP contribution in [0, 0.1) is 33.8 Å². The Morgan fingerprint density at radius 1 is 0.897 bits per heavy atom. The molecular formula is C23H18N2O4. The second kappa shape index (κ2) is 6.24. The van der Waals surface area contributed by atoms with Gasteiger partial charge in [-0.25, -0.2) is 4.90 Å². The van der Waals surface area contributed by atoms with Crippen LogP contribution in [0.3, 0.4) is 0 Å². The number of carbonyl (C=O) groups excluding carboxylic acids is 2. The van der Waals surface area contributed by atoms with Gasteiger partial charge in [-0.3, -0.25) is 19.7 Å². The van der Waals surface area contributed by atoms with Crippen molar-refractivity contribution < 1.29 is 14.5 Å². The molecule has 2 aromatic carbocycles. The number of carbonyl (C=O) groups is 2. The fraction of sp³-hybridized carbons (Fsp3) is 0.217. The molecule has 0 unspecified atom stereocenters. The van der Waals surface area contributed by atoms with E-state index in [-0.39, 0.29) is 41.2 Å². The fourth-order valence-electron chi connectivity index (χ4n) is 5.09. The van der Waals surface area contributed by atoms with Gasteiger partial charge in [0, 0.05) is 24.0 Å². The van der Waals surface area contributed by atoms with Gasteiger partial charge in [-0.15, -0.1) is 0 Å². The highest BCUT2D eigenvalue weighted by Gasteiger charge is 2.62. The van der Waals surface area contributed by atoms with Crippen molar-refractivity contribution >= 4 is 28.8 Å². The van der Waals surface area contributed by atoms with Gasteiger partial charge in [0.15, 0.2) is 0 Å². The van der Waals surface area contributed by atoms with Crippen molar-refractivity contribution in [2.24, 2.45) is 23.7 Å².